The van der Waals surface area contributed by atoms with Crippen LogP contribution in [0.15, 0.2) is 35.5 Å². The van der Waals surface area contributed by atoms with Crippen molar-refractivity contribution in [1.29, 1.82) is 0 Å². The Kier molecular flexibility index (Phi) is 4.64. The minimum atomic E-state index is -0.343. The molecule has 0 N–H and O–H groups in total. The SMILES string of the molecule is Cc1cc2nnc(SC[C@H]3CO[C@@H](c4ccc(Cl)cc4)O3)n2c(C)n1. The van der Waals surface area contributed by atoms with Crippen LogP contribution in [0.5, 0.6) is 0 Å². The number of fused-ring (bicyclic) bond motifs is 1. The van der Waals surface area contributed by atoms with Crippen LogP contribution >= 0.6 is 23.4 Å². The van der Waals surface area contributed by atoms with Crippen LogP contribution in [0.4, 0.5) is 0 Å². The molecule has 6 nitrogen and oxygen atoms in total. The van der Waals surface area contributed by atoms with Gasteiger partial charge in [0.15, 0.2) is 17.1 Å². The van der Waals surface area contributed by atoms with Gasteiger partial charge in [-0.2, -0.15) is 0 Å². The van der Waals surface area contributed by atoms with Gasteiger partial charge in [0.25, 0.3) is 0 Å². The lowest BCUT2D eigenvalue weighted by Crippen LogP contribution is -2.13. The van der Waals surface area contributed by atoms with Crippen molar-refractivity contribution in [3.63, 3.8) is 0 Å². The number of aromatic nitrogens is 4. The molecule has 0 saturated carbocycles. The number of thioether (sulfide) groups is 1. The lowest BCUT2D eigenvalue weighted by Gasteiger charge is -2.11. The molecule has 2 atom stereocenters. The monoisotopic (exact) mass is 376 g/mol. The molecule has 2 aromatic heterocycles. The summed E-state index contributed by atoms with van der Waals surface area (Å²) in [5.41, 5.74) is 2.72. The molecule has 3 aromatic rings. The van der Waals surface area contributed by atoms with Crippen LogP contribution in [-0.4, -0.2) is 38.0 Å². The first-order valence-electron chi connectivity index (χ1n) is 7.95. The van der Waals surface area contributed by atoms with Gasteiger partial charge in [-0.05, 0) is 26.0 Å². The highest BCUT2D eigenvalue weighted by atomic mass is 35.5. The Labute approximate surface area is 154 Å². The van der Waals surface area contributed by atoms with Crippen molar-refractivity contribution in [3.8, 4) is 0 Å². The van der Waals surface area contributed by atoms with E-state index in [1.807, 2.05) is 48.6 Å². The van der Waals surface area contributed by atoms with Gasteiger partial charge in [0, 0.05) is 28.1 Å². The third-order valence-electron chi connectivity index (χ3n) is 3.95. The summed E-state index contributed by atoms with van der Waals surface area (Å²) < 4.78 is 13.7. The third kappa shape index (κ3) is 3.50. The Morgan fingerprint density at radius 3 is 2.84 bits per heavy atom. The standard InChI is InChI=1S/C17H17ClN4O2S/c1-10-7-15-20-21-17(22(15)11(2)19-10)25-9-14-8-23-16(24-14)12-3-5-13(18)6-4-12/h3-7,14,16H,8-9H2,1-2H3/t14-,16-/m1/s1. The maximum Gasteiger partial charge on any atom is 0.197 e. The summed E-state index contributed by atoms with van der Waals surface area (Å²) in [6.45, 7) is 4.46. The Balaban J connectivity index is 1.42. The molecule has 1 saturated heterocycles. The number of benzene rings is 1. The summed E-state index contributed by atoms with van der Waals surface area (Å²) in [5.74, 6) is 1.61. The van der Waals surface area contributed by atoms with E-state index >= 15 is 0 Å². The zero-order valence-electron chi connectivity index (χ0n) is 13.8. The van der Waals surface area contributed by atoms with Gasteiger partial charge in [0.05, 0.1) is 12.7 Å². The van der Waals surface area contributed by atoms with Crippen LogP contribution in [0.1, 0.15) is 23.4 Å². The number of hydrogen-bond acceptors (Lipinski definition) is 6. The van der Waals surface area contributed by atoms with Crippen molar-refractivity contribution in [2.24, 2.45) is 0 Å². The fraction of sp³-hybridized carbons (Fsp3) is 0.353. The molecule has 8 heteroatoms. The Hall–Kier alpha value is -1.67. The molecule has 0 aliphatic carbocycles. The molecule has 0 radical (unpaired) electrons. The number of hydrogen-bond donors (Lipinski definition) is 0. The van der Waals surface area contributed by atoms with Crippen LogP contribution in [-0.2, 0) is 9.47 Å². The first kappa shape index (κ1) is 16.8. The first-order valence-corrected chi connectivity index (χ1v) is 9.31. The molecule has 0 amide bonds. The molecule has 4 rings (SSSR count). The number of rotatable bonds is 4. The molecular weight excluding hydrogens is 360 g/mol. The topological polar surface area (TPSA) is 61.5 Å². The lowest BCUT2D eigenvalue weighted by molar-refractivity contribution is -0.0565. The molecule has 0 bridgehead atoms. The number of nitrogens with zero attached hydrogens (tertiary/aromatic N) is 4. The fourth-order valence-electron chi connectivity index (χ4n) is 2.79. The molecule has 1 aliphatic rings. The van der Waals surface area contributed by atoms with E-state index in [-0.39, 0.29) is 12.4 Å². The summed E-state index contributed by atoms with van der Waals surface area (Å²) >= 11 is 7.52. The van der Waals surface area contributed by atoms with Gasteiger partial charge >= 0.3 is 0 Å². The van der Waals surface area contributed by atoms with E-state index in [1.165, 1.54) is 0 Å². The van der Waals surface area contributed by atoms with E-state index in [4.69, 9.17) is 21.1 Å². The summed E-state index contributed by atoms with van der Waals surface area (Å²) in [7, 11) is 0. The van der Waals surface area contributed by atoms with Crippen molar-refractivity contribution in [2.45, 2.75) is 31.4 Å². The zero-order valence-corrected chi connectivity index (χ0v) is 15.4. The zero-order chi connectivity index (χ0) is 17.4. The first-order chi connectivity index (χ1) is 12.1. The predicted molar refractivity (Wildman–Crippen MR) is 96.0 cm³/mol. The maximum absolute atomic E-state index is 5.99. The van der Waals surface area contributed by atoms with Gasteiger partial charge in [-0.3, -0.25) is 4.40 Å². The number of aryl methyl sites for hydroxylation is 2. The van der Waals surface area contributed by atoms with Crippen molar-refractivity contribution in [3.05, 3.63) is 52.4 Å². The van der Waals surface area contributed by atoms with E-state index in [0.717, 1.165) is 33.6 Å². The lowest BCUT2D eigenvalue weighted by atomic mass is 10.2. The van der Waals surface area contributed by atoms with Crippen LogP contribution < -0.4 is 0 Å². The van der Waals surface area contributed by atoms with Gasteiger partial charge in [-0.25, -0.2) is 4.98 Å². The van der Waals surface area contributed by atoms with Gasteiger partial charge < -0.3 is 9.47 Å². The molecule has 1 aromatic carbocycles. The van der Waals surface area contributed by atoms with Crippen molar-refractivity contribution >= 4 is 29.0 Å². The number of halogens is 1. The molecule has 0 unspecified atom stereocenters. The van der Waals surface area contributed by atoms with Gasteiger partial charge in [0.1, 0.15) is 5.82 Å². The van der Waals surface area contributed by atoms with Gasteiger partial charge in [0.2, 0.25) is 0 Å². The molecule has 0 spiro atoms. The second-order valence-corrected chi connectivity index (χ2v) is 7.33. The average molecular weight is 377 g/mol. The predicted octanol–water partition coefficient (Wildman–Crippen LogP) is 3.60. The molecule has 1 fully saturated rings. The molecule has 1 aliphatic heterocycles. The minimum Gasteiger partial charge on any atom is -0.346 e. The van der Waals surface area contributed by atoms with Gasteiger partial charge in [-0.15, -0.1) is 10.2 Å². The number of ether oxygens (including phenoxy) is 2. The molecule has 3 heterocycles. The van der Waals surface area contributed by atoms with E-state index in [9.17, 15) is 0 Å². The smallest absolute Gasteiger partial charge is 0.197 e. The van der Waals surface area contributed by atoms with Gasteiger partial charge in [-0.1, -0.05) is 35.5 Å². The summed E-state index contributed by atoms with van der Waals surface area (Å²) in [6, 6.07) is 9.45. The van der Waals surface area contributed by atoms with E-state index < -0.39 is 0 Å². The highest BCUT2D eigenvalue weighted by Gasteiger charge is 2.28. The van der Waals surface area contributed by atoms with Crippen molar-refractivity contribution in [2.75, 3.05) is 12.4 Å². The Morgan fingerprint density at radius 1 is 1.24 bits per heavy atom. The highest BCUT2D eigenvalue weighted by molar-refractivity contribution is 7.99. The van der Waals surface area contributed by atoms with Crippen LogP contribution in [0.2, 0.25) is 5.02 Å². The second-order valence-electron chi connectivity index (χ2n) is 5.91. The van der Waals surface area contributed by atoms with E-state index in [0.29, 0.717) is 11.6 Å². The average Bonchev–Trinajstić information content (AvgIpc) is 3.20. The largest absolute Gasteiger partial charge is 0.346 e. The minimum absolute atomic E-state index is 0.00302. The molecule has 25 heavy (non-hydrogen) atoms. The Morgan fingerprint density at radius 2 is 2.04 bits per heavy atom. The van der Waals surface area contributed by atoms with Crippen LogP contribution in [0, 0.1) is 13.8 Å². The van der Waals surface area contributed by atoms with Crippen LogP contribution in [0.25, 0.3) is 5.65 Å². The normalized spacial score (nSPS) is 20.4. The Bertz CT molecular complexity index is 900. The maximum atomic E-state index is 5.99. The highest BCUT2D eigenvalue weighted by Crippen LogP contribution is 2.30. The third-order valence-corrected chi connectivity index (χ3v) is 5.26. The second kappa shape index (κ2) is 6.92. The molecular formula is C17H17ClN4O2S. The molecule has 130 valence electrons. The summed E-state index contributed by atoms with van der Waals surface area (Å²) in [5, 5.41) is 10.0. The van der Waals surface area contributed by atoms with Crippen molar-refractivity contribution < 1.29 is 9.47 Å². The van der Waals surface area contributed by atoms with Crippen molar-refractivity contribution in [1.82, 2.24) is 19.6 Å². The summed E-state index contributed by atoms with van der Waals surface area (Å²) in [4.78, 5) is 4.48. The van der Waals surface area contributed by atoms with E-state index in [2.05, 4.69) is 15.2 Å². The van der Waals surface area contributed by atoms with E-state index in [1.54, 1.807) is 11.8 Å². The van der Waals surface area contributed by atoms with Crippen LogP contribution in [0.3, 0.4) is 0 Å². The quantitative estimate of drug-likeness (QED) is 0.648. The summed E-state index contributed by atoms with van der Waals surface area (Å²) in [6.07, 6.45) is -0.346. The fourth-order valence-corrected chi connectivity index (χ4v) is 3.88.